The maximum Gasteiger partial charge on any atom is 0.318 e. The quantitative estimate of drug-likeness (QED) is 0.386. The van der Waals surface area contributed by atoms with Crippen LogP contribution in [0.15, 0.2) is 36.4 Å². The van der Waals surface area contributed by atoms with Gasteiger partial charge < -0.3 is 26.0 Å². The highest BCUT2D eigenvalue weighted by Gasteiger charge is 2.54. The van der Waals surface area contributed by atoms with Gasteiger partial charge in [0.1, 0.15) is 11.5 Å². The molecular weight excluding hydrogens is 522 g/mol. The lowest BCUT2D eigenvalue weighted by molar-refractivity contribution is -0.142. The van der Waals surface area contributed by atoms with E-state index < -0.39 is 23.5 Å². The Balaban J connectivity index is 1.51. The zero-order valence-electron chi connectivity index (χ0n) is 23.5. The van der Waals surface area contributed by atoms with E-state index in [1.807, 2.05) is 6.92 Å². The van der Waals surface area contributed by atoms with Crippen LogP contribution in [-0.4, -0.2) is 72.5 Å². The molecule has 214 valence electrons. The van der Waals surface area contributed by atoms with Crippen molar-refractivity contribution < 1.29 is 24.3 Å². The molecule has 2 aromatic carbocycles. The lowest BCUT2D eigenvalue weighted by Crippen LogP contribution is -2.48. The number of carbonyl (C=O) groups excluding carboxylic acids is 3. The molecule has 41 heavy (non-hydrogen) atoms. The van der Waals surface area contributed by atoms with Gasteiger partial charge in [0.2, 0.25) is 5.91 Å². The topological polar surface area (TPSA) is 152 Å². The zero-order chi connectivity index (χ0) is 29.5. The molecule has 1 aliphatic heterocycles. The Bertz CT molecular complexity index is 1400. The van der Waals surface area contributed by atoms with E-state index in [4.69, 9.17) is 0 Å². The summed E-state index contributed by atoms with van der Waals surface area (Å²) in [5.74, 6) is -1.31. The number of fused-ring (bicyclic) bond motifs is 3. The van der Waals surface area contributed by atoms with Crippen LogP contribution in [0.5, 0.6) is 0 Å². The molecule has 10 heteroatoms. The van der Waals surface area contributed by atoms with Crippen molar-refractivity contribution in [1.82, 2.24) is 20.9 Å². The second-order valence-electron chi connectivity index (χ2n) is 11.3. The Hall–Kier alpha value is -4.23. The molecule has 0 radical (unpaired) electrons. The van der Waals surface area contributed by atoms with E-state index in [-0.39, 0.29) is 36.7 Å². The molecule has 5 rings (SSSR count). The standard InChI is InChI=1S/C31H35N5O5/c1-17(35-16-27(37)36-23(15-32)12-22-13-26(22)36)14-31(30(40)41)24-8-6-20(28(38)33-2)10-18(24)4-5-19-11-21(29(39)34-3)7-9-25(19)31/h6-11,17,22-23,26,35H,4-5,12-14,16H2,1-3H3,(H,33,38)(H,34,39)(H,40,41)/t17-,22+,23?,26-/m0/s1. The number of carboxylic acids is 1. The van der Waals surface area contributed by atoms with Gasteiger partial charge in [-0.3, -0.25) is 19.2 Å². The summed E-state index contributed by atoms with van der Waals surface area (Å²) in [5.41, 5.74) is 2.07. The number of carbonyl (C=O) groups is 4. The maximum absolute atomic E-state index is 13.4. The monoisotopic (exact) mass is 557 g/mol. The number of amides is 3. The van der Waals surface area contributed by atoms with Crippen LogP contribution < -0.4 is 16.0 Å². The largest absolute Gasteiger partial charge is 0.480 e. The van der Waals surface area contributed by atoms with Crippen molar-refractivity contribution >= 4 is 23.7 Å². The molecule has 1 heterocycles. The van der Waals surface area contributed by atoms with Crippen LogP contribution in [-0.2, 0) is 27.8 Å². The average Bonchev–Trinajstić information content (AvgIpc) is 3.67. The summed E-state index contributed by atoms with van der Waals surface area (Å²) < 4.78 is 0. The third kappa shape index (κ3) is 4.95. The molecule has 10 nitrogen and oxygen atoms in total. The van der Waals surface area contributed by atoms with Crippen molar-refractivity contribution in [1.29, 1.82) is 5.26 Å². The average molecular weight is 558 g/mol. The van der Waals surface area contributed by atoms with Gasteiger partial charge in [-0.2, -0.15) is 5.26 Å². The van der Waals surface area contributed by atoms with E-state index in [2.05, 4.69) is 22.0 Å². The first-order valence-corrected chi connectivity index (χ1v) is 14.0. The number of benzene rings is 2. The van der Waals surface area contributed by atoms with Gasteiger partial charge in [-0.05, 0) is 91.5 Å². The van der Waals surface area contributed by atoms with Crippen LogP contribution in [0.25, 0.3) is 0 Å². The number of nitrogens with one attached hydrogen (secondary N) is 3. The first-order valence-electron chi connectivity index (χ1n) is 14.0. The van der Waals surface area contributed by atoms with Gasteiger partial charge in [0.15, 0.2) is 0 Å². The molecule has 3 amide bonds. The SMILES string of the molecule is CNC(=O)c1ccc2c(c1)CCc1cc(C(=O)NC)ccc1C2(C[C@H](C)NCC(=O)N1C(C#N)C[C@@H]2C[C@@H]21)C(=O)O. The highest BCUT2D eigenvalue weighted by Crippen LogP contribution is 2.48. The van der Waals surface area contributed by atoms with Gasteiger partial charge in [-0.25, -0.2) is 0 Å². The van der Waals surface area contributed by atoms with E-state index in [1.165, 1.54) is 0 Å². The molecule has 0 spiro atoms. The van der Waals surface area contributed by atoms with E-state index in [0.29, 0.717) is 47.4 Å². The summed E-state index contributed by atoms with van der Waals surface area (Å²) in [4.78, 5) is 53.0. The Morgan fingerprint density at radius 1 is 1.00 bits per heavy atom. The predicted octanol–water partition coefficient (Wildman–Crippen LogP) is 1.76. The second-order valence-corrected chi connectivity index (χ2v) is 11.3. The number of hydrogen-bond acceptors (Lipinski definition) is 6. The van der Waals surface area contributed by atoms with Crippen molar-refractivity contribution in [3.8, 4) is 6.07 Å². The van der Waals surface area contributed by atoms with Crippen molar-refractivity contribution in [2.45, 2.75) is 62.6 Å². The zero-order valence-corrected chi connectivity index (χ0v) is 23.5. The van der Waals surface area contributed by atoms with E-state index >= 15 is 0 Å². The molecule has 1 saturated carbocycles. The molecule has 0 aromatic heterocycles. The van der Waals surface area contributed by atoms with Crippen molar-refractivity contribution in [2.75, 3.05) is 20.6 Å². The number of likely N-dealkylation sites (tertiary alicyclic amines) is 1. The van der Waals surface area contributed by atoms with Gasteiger partial charge in [0.05, 0.1) is 12.6 Å². The Morgan fingerprint density at radius 2 is 1.56 bits per heavy atom. The fraction of sp³-hybridized carbons (Fsp3) is 0.452. The first-order chi connectivity index (χ1) is 19.6. The van der Waals surface area contributed by atoms with Gasteiger partial charge in [-0.1, -0.05) is 12.1 Å². The van der Waals surface area contributed by atoms with Gasteiger partial charge in [0.25, 0.3) is 11.8 Å². The number of nitriles is 1. The van der Waals surface area contributed by atoms with Crippen LogP contribution >= 0.6 is 0 Å². The molecular formula is C31H35N5O5. The summed E-state index contributed by atoms with van der Waals surface area (Å²) >= 11 is 0. The number of aryl methyl sites for hydroxylation is 2. The molecule has 2 fully saturated rings. The lowest BCUT2D eigenvalue weighted by atomic mass is 9.68. The smallest absolute Gasteiger partial charge is 0.318 e. The van der Waals surface area contributed by atoms with Crippen molar-refractivity contribution in [2.24, 2.45) is 5.92 Å². The maximum atomic E-state index is 13.4. The summed E-state index contributed by atoms with van der Waals surface area (Å²) in [6, 6.07) is 11.8. The minimum Gasteiger partial charge on any atom is -0.480 e. The van der Waals surface area contributed by atoms with Crippen LogP contribution in [0.1, 0.15) is 69.2 Å². The van der Waals surface area contributed by atoms with Crippen LogP contribution in [0.2, 0.25) is 0 Å². The fourth-order valence-corrected chi connectivity index (χ4v) is 6.77. The molecule has 2 aliphatic carbocycles. The Kier molecular flexibility index (Phi) is 7.58. The number of hydrogen-bond donors (Lipinski definition) is 4. The Morgan fingerprint density at radius 3 is 2.05 bits per heavy atom. The van der Waals surface area contributed by atoms with Gasteiger partial charge in [-0.15, -0.1) is 0 Å². The van der Waals surface area contributed by atoms with Crippen molar-refractivity contribution in [3.05, 3.63) is 69.8 Å². The molecule has 3 aliphatic rings. The predicted molar refractivity (Wildman–Crippen MR) is 150 cm³/mol. The summed E-state index contributed by atoms with van der Waals surface area (Å²) in [6.45, 7) is 1.86. The summed E-state index contributed by atoms with van der Waals surface area (Å²) in [6.07, 6.45) is 2.76. The fourth-order valence-electron chi connectivity index (χ4n) is 6.77. The van der Waals surface area contributed by atoms with Crippen molar-refractivity contribution in [3.63, 3.8) is 0 Å². The minimum atomic E-state index is -1.50. The summed E-state index contributed by atoms with van der Waals surface area (Å²) in [7, 11) is 3.09. The number of nitrogens with zero attached hydrogens (tertiary/aromatic N) is 2. The lowest BCUT2D eigenvalue weighted by Gasteiger charge is -2.35. The molecule has 2 aromatic rings. The number of aliphatic carboxylic acids is 1. The van der Waals surface area contributed by atoms with E-state index in [1.54, 1.807) is 55.4 Å². The third-order valence-corrected chi connectivity index (χ3v) is 8.89. The molecule has 1 unspecified atom stereocenters. The van der Waals surface area contributed by atoms with E-state index in [9.17, 15) is 29.5 Å². The molecule has 4 N–H and O–H groups in total. The normalized spacial score (nSPS) is 22.2. The highest BCUT2D eigenvalue weighted by atomic mass is 16.4. The molecule has 1 saturated heterocycles. The van der Waals surface area contributed by atoms with Gasteiger partial charge >= 0.3 is 5.97 Å². The summed E-state index contributed by atoms with van der Waals surface area (Å²) in [5, 5.41) is 28.9. The molecule has 0 bridgehead atoms. The number of piperidine rings is 1. The third-order valence-electron chi connectivity index (χ3n) is 8.89. The highest BCUT2D eigenvalue weighted by molar-refractivity contribution is 5.96. The molecule has 4 atom stereocenters. The van der Waals surface area contributed by atoms with Crippen LogP contribution in [0, 0.1) is 17.2 Å². The minimum absolute atomic E-state index is 0.00317. The Labute approximate surface area is 239 Å². The number of carboxylic acid groups (broad SMARTS) is 1. The van der Waals surface area contributed by atoms with E-state index in [0.717, 1.165) is 17.5 Å². The van der Waals surface area contributed by atoms with Gasteiger partial charge in [0, 0.05) is 37.3 Å². The first kappa shape index (κ1) is 28.3. The van der Waals surface area contributed by atoms with Crippen LogP contribution in [0.4, 0.5) is 0 Å². The van der Waals surface area contributed by atoms with Crippen LogP contribution in [0.3, 0.4) is 0 Å². The number of rotatable bonds is 8. The second kappa shape index (κ2) is 11.0.